The summed E-state index contributed by atoms with van der Waals surface area (Å²) in [5.74, 6) is 0. The van der Waals surface area contributed by atoms with Gasteiger partial charge in [-0.15, -0.1) is 6.58 Å². The first kappa shape index (κ1) is 21.6. The molecule has 2 atom stereocenters. The van der Waals surface area contributed by atoms with Crippen molar-refractivity contribution in [1.82, 2.24) is 0 Å². The van der Waals surface area contributed by atoms with Gasteiger partial charge in [-0.1, -0.05) is 87.5 Å². The van der Waals surface area contributed by atoms with Crippen molar-refractivity contribution in [3.8, 4) is 0 Å². The van der Waals surface area contributed by atoms with E-state index in [1.807, 2.05) is 36.4 Å². The molecule has 0 bridgehead atoms. The highest BCUT2D eigenvalue weighted by molar-refractivity contribution is 6.99. The topological polar surface area (TPSA) is 49.7 Å². The van der Waals surface area contributed by atoms with Crippen LogP contribution in [0, 0.1) is 0 Å². The molecule has 0 heterocycles. The van der Waals surface area contributed by atoms with Crippen LogP contribution in [-0.4, -0.2) is 36.8 Å². The lowest BCUT2D eigenvalue weighted by atomic mass is 9.99. The van der Waals surface area contributed by atoms with Crippen molar-refractivity contribution in [3.05, 3.63) is 73.3 Å². The van der Waals surface area contributed by atoms with Gasteiger partial charge in [-0.3, -0.25) is 0 Å². The minimum Gasteiger partial charge on any atom is -0.405 e. The molecule has 0 aliphatic carbocycles. The van der Waals surface area contributed by atoms with Crippen LogP contribution in [0.2, 0.25) is 5.04 Å². The molecule has 3 nitrogen and oxygen atoms in total. The van der Waals surface area contributed by atoms with Gasteiger partial charge in [-0.2, -0.15) is 0 Å². The first-order valence-electron chi connectivity index (χ1n) is 9.41. The van der Waals surface area contributed by atoms with E-state index in [4.69, 9.17) is 4.43 Å². The highest BCUT2D eigenvalue weighted by atomic mass is 28.4. The molecule has 0 aliphatic heterocycles. The predicted molar refractivity (Wildman–Crippen MR) is 115 cm³/mol. The number of aliphatic hydroxyl groups is 2. The van der Waals surface area contributed by atoms with E-state index in [1.54, 1.807) is 6.92 Å². The maximum Gasteiger partial charge on any atom is 0.261 e. The van der Waals surface area contributed by atoms with Crippen molar-refractivity contribution in [3.63, 3.8) is 0 Å². The number of aliphatic hydroxyl groups excluding tert-OH is 1. The third kappa shape index (κ3) is 4.96. The molecule has 0 spiro atoms. The Morgan fingerprint density at radius 1 is 0.963 bits per heavy atom. The Kier molecular flexibility index (Phi) is 6.81. The number of benzene rings is 2. The molecule has 27 heavy (non-hydrogen) atoms. The van der Waals surface area contributed by atoms with Crippen molar-refractivity contribution < 1.29 is 14.6 Å². The van der Waals surface area contributed by atoms with E-state index in [0.717, 1.165) is 0 Å². The largest absolute Gasteiger partial charge is 0.405 e. The molecule has 0 unspecified atom stereocenters. The summed E-state index contributed by atoms with van der Waals surface area (Å²) in [6.45, 7) is 12.0. The van der Waals surface area contributed by atoms with Crippen molar-refractivity contribution in [2.24, 2.45) is 0 Å². The van der Waals surface area contributed by atoms with Crippen LogP contribution in [0.25, 0.3) is 0 Å². The fraction of sp³-hybridized carbons (Fsp3) is 0.391. The minimum absolute atomic E-state index is 0.142. The summed E-state index contributed by atoms with van der Waals surface area (Å²) < 4.78 is 6.66. The molecule has 0 aromatic heterocycles. The van der Waals surface area contributed by atoms with E-state index in [0.29, 0.717) is 0 Å². The van der Waals surface area contributed by atoms with Crippen molar-refractivity contribution >= 4 is 18.7 Å². The third-order valence-electron chi connectivity index (χ3n) is 5.00. The smallest absolute Gasteiger partial charge is 0.261 e. The highest BCUT2D eigenvalue weighted by Crippen LogP contribution is 2.37. The zero-order valence-electron chi connectivity index (χ0n) is 16.9. The Hall–Kier alpha value is -1.72. The molecular weight excluding hydrogens is 352 g/mol. The van der Waals surface area contributed by atoms with Crippen molar-refractivity contribution in [2.45, 2.75) is 50.9 Å². The lowest BCUT2D eigenvalue weighted by molar-refractivity contribution is 0.0174. The number of hydrogen-bond acceptors (Lipinski definition) is 3. The summed E-state index contributed by atoms with van der Waals surface area (Å²) >= 11 is 0. The second-order valence-corrected chi connectivity index (χ2v) is 12.7. The van der Waals surface area contributed by atoms with Crippen LogP contribution < -0.4 is 10.4 Å². The lowest BCUT2D eigenvalue weighted by Gasteiger charge is -2.43. The van der Waals surface area contributed by atoms with Gasteiger partial charge in [0.05, 0.1) is 18.3 Å². The first-order chi connectivity index (χ1) is 12.6. The van der Waals surface area contributed by atoms with Gasteiger partial charge in [0.25, 0.3) is 8.32 Å². The fourth-order valence-corrected chi connectivity index (χ4v) is 8.20. The Balaban J connectivity index is 2.45. The minimum atomic E-state index is -2.67. The lowest BCUT2D eigenvalue weighted by Crippen LogP contribution is -2.67. The molecule has 2 rings (SSSR count). The van der Waals surface area contributed by atoms with E-state index in [2.05, 4.69) is 51.6 Å². The number of rotatable bonds is 8. The zero-order valence-corrected chi connectivity index (χ0v) is 17.9. The monoisotopic (exact) mass is 384 g/mol. The van der Waals surface area contributed by atoms with Crippen LogP contribution in [0.5, 0.6) is 0 Å². The summed E-state index contributed by atoms with van der Waals surface area (Å²) in [4.78, 5) is 0. The van der Waals surface area contributed by atoms with E-state index < -0.39 is 20.0 Å². The second kappa shape index (κ2) is 8.53. The molecular formula is C23H32O3Si. The molecule has 4 heteroatoms. The van der Waals surface area contributed by atoms with Crippen LogP contribution in [0.3, 0.4) is 0 Å². The summed E-state index contributed by atoms with van der Waals surface area (Å²) in [7, 11) is -2.67. The van der Waals surface area contributed by atoms with E-state index in [-0.39, 0.29) is 18.1 Å². The maximum atomic E-state index is 10.5. The van der Waals surface area contributed by atoms with Crippen LogP contribution >= 0.6 is 0 Å². The summed E-state index contributed by atoms with van der Waals surface area (Å²) in [6, 6.07) is 20.6. The van der Waals surface area contributed by atoms with Gasteiger partial charge in [0.15, 0.2) is 0 Å². The Morgan fingerprint density at radius 3 is 1.78 bits per heavy atom. The predicted octanol–water partition coefficient (Wildman–Crippen LogP) is 3.25. The molecule has 146 valence electrons. The van der Waals surface area contributed by atoms with Crippen LogP contribution in [0.4, 0.5) is 0 Å². The van der Waals surface area contributed by atoms with Gasteiger partial charge < -0.3 is 14.6 Å². The van der Waals surface area contributed by atoms with Gasteiger partial charge in [-0.25, -0.2) is 0 Å². The third-order valence-corrected chi connectivity index (χ3v) is 10.0. The average molecular weight is 385 g/mol. The Bertz CT molecular complexity index is 681. The van der Waals surface area contributed by atoms with Crippen LogP contribution in [0.1, 0.15) is 34.1 Å². The van der Waals surface area contributed by atoms with Gasteiger partial charge in [0.1, 0.15) is 0 Å². The molecule has 0 fully saturated rings. The average Bonchev–Trinajstić information content (AvgIpc) is 2.62. The Morgan fingerprint density at radius 2 is 1.41 bits per heavy atom. The van der Waals surface area contributed by atoms with Crippen molar-refractivity contribution in [1.29, 1.82) is 0 Å². The van der Waals surface area contributed by atoms with Crippen LogP contribution in [0.15, 0.2) is 73.3 Å². The molecule has 0 radical (unpaired) electrons. The molecule has 0 amide bonds. The first-order valence-corrected chi connectivity index (χ1v) is 11.3. The van der Waals surface area contributed by atoms with Crippen molar-refractivity contribution in [2.75, 3.05) is 6.61 Å². The number of hydrogen-bond donors (Lipinski definition) is 2. The van der Waals surface area contributed by atoms with Gasteiger partial charge in [0.2, 0.25) is 0 Å². The zero-order chi connectivity index (χ0) is 20.1. The second-order valence-electron chi connectivity index (χ2n) is 8.39. The van der Waals surface area contributed by atoms with E-state index in [1.165, 1.54) is 16.4 Å². The van der Waals surface area contributed by atoms with Crippen LogP contribution in [-0.2, 0) is 4.43 Å². The van der Waals surface area contributed by atoms with Gasteiger partial charge in [0, 0.05) is 6.42 Å². The van der Waals surface area contributed by atoms with E-state index in [9.17, 15) is 10.2 Å². The van der Waals surface area contributed by atoms with Gasteiger partial charge >= 0.3 is 0 Å². The normalized spacial score (nSPS) is 15.8. The molecule has 2 aromatic carbocycles. The molecule has 0 saturated heterocycles. The SMILES string of the molecule is C=C[C@@](C)(O)C[C@H](O)CO[Si](c1ccccc1)(c1ccccc1)C(C)(C)C. The molecule has 2 N–H and O–H groups in total. The van der Waals surface area contributed by atoms with E-state index >= 15 is 0 Å². The molecule has 2 aromatic rings. The van der Waals surface area contributed by atoms with Gasteiger partial charge in [-0.05, 0) is 22.3 Å². The maximum absolute atomic E-state index is 10.5. The highest BCUT2D eigenvalue weighted by Gasteiger charge is 2.50. The summed E-state index contributed by atoms with van der Waals surface area (Å²) in [5.41, 5.74) is -1.12. The Labute approximate surface area is 164 Å². The standard InChI is InChI=1S/C23H32O3Si/c1-6-23(5,25)17-19(24)18-26-27(22(2,3)4,20-13-9-7-10-14-20)21-15-11-8-12-16-21/h6-16,19,24-25H,1,17-18H2,2-5H3/t19-,23+/m0/s1. The summed E-state index contributed by atoms with van der Waals surface area (Å²) in [5, 5.41) is 22.9. The quantitative estimate of drug-likeness (QED) is 0.543. The molecule has 0 saturated carbocycles. The fourth-order valence-electron chi connectivity index (χ4n) is 3.60. The summed E-state index contributed by atoms with van der Waals surface area (Å²) in [6.07, 6.45) is 0.868. The molecule has 0 aliphatic rings.